The Morgan fingerprint density at radius 2 is 2.16 bits per heavy atom. The van der Waals surface area contributed by atoms with Crippen molar-refractivity contribution in [2.45, 2.75) is 13.0 Å². The molecule has 1 aliphatic heterocycles. The van der Waals surface area contributed by atoms with Gasteiger partial charge in [0.2, 0.25) is 0 Å². The Morgan fingerprint density at radius 1 is 1.42 bits per heavy atom. The van der Waals surface area contributed by atoms with Crippen molar-refractivity contribution in [1.82, 2.24) is 4.90 Å². The molecule has 0 bridgehead atoms. The molecular weight excluding hydrogens is 270 g/mol. The van der Waals surface area contributed by atoms with Crippen molar-refractivity contribution >= 4 is 23.5 Å². The van der Waals surface area contributed by atoms with Gasteiger partial charge in [-0.1, -0.05) is 11.6 Å². The summed E-state index contributed by atoms with van der Waals surface area (Å²) in [5.41, 5.74) is 1.36. The molecule has 1 aromatic rings. The number of carbonyl (C=O) groups is 2. The lowest BCUT2D eigenvalue weighted by molar-refractivity contribution is -0.154. The van der Waals surface area contributed by atoms with Gasteiger partial charge in [0, 0.05) is 17.1 Å². The molecule has 0 spiro atoms. The molecule has 0 unspecified atom stereocenters. The van der Waals surface area contributed by atoms with E-state index in [2.05, 4.69) is 0 Å². The van der Waals surface area contributed by atoms with Crippen LogP contribution in [0.4, 0.5) is 0 Å². The minimum Gasteiger partial charge on any atom is -0.479 e. The van der Waals surface area contributed by atoms with Crippen molar-refractivity contribution in [1.29, 1.82) is 0 Å². The molecule has 102 valence electrons. The lowest BCUT2D eigenvalue weighted by Gasteiger charge is -2.31. The van der Waals surface area contributed by atoms with Gasteiger partial charge in [0.05, 0.1) is 13.2 Å². The molecule has 0 aromatic heterocycles. The van der Waals surface area contributed by atoms with Gasteiger partial charge in [-0.15, -0.1) is 0 Å². The highest BCUT2D eigenvalue weighted by molar-refractivity contribution is 6.31. The minimum absolute atomic E-state index is 0.0553. The third-order valence-corrected chi connectivity index (χ3v) is 3.14. The molecular formula is C13H14ClNO4. The molecule has 2 rings (SSSR count). The highest BCUT2D eigenvalue weighted by Gasteiger charge is 2.29. The summed E-state index contributed by atoms with van der Waals surface area (Å²) in [6, 6.07) is 5.08. The predicted molar refractivity (Wildman–Crippen MR) is 69.5 cm³/mol. The maximum Gasteiger partial charge on any atom is 0.334 e. The van der Waals surface area contributed by atoms with Gasteiger partial charge in [0.15, 0.2) is 6.10 Å². The number of rotatable bonds is 2. The molecule has 5 nitrogen and oxygen atoms in total. The van der Waals surface area contributed by atoms with Crippen molar-refractivity contribution in [3.05, 3.63) is 34.3 Å². The molecule has 1 atom stereocenters. The highest BCUT2D eigenvalue weighted by Crippen LogP contribution is 2.17. The number of nitrogens with zero attached hydrogens (tertiary/aromatic N) is 1. The molecule has 19 heavy (non-hydrogen) atoms. The van der Waals surface area contributed by atoms with Gasteiger partial charge < -0.3 is 14.7 Å². The smallest absolute Gasteiger partial charge is 0.334 e. The zero-order valence-corrected chi connectivity index (χ0v) is 11.2. The molecule has 1 saturated heterocycles. The zero-order valence-electron chi connectivity index (χ0n) is 10.4. The maximum atomic E-state index is 12.3. The van der Waals surface area contributed by atoms with Crippen LogP contribution in [-0.4, -0.2) is 47.7 Å². The first kappa shape index (κ1) is 13.8. The summed E-state index contributed by atoms with van der Waals surface area (Å²) in [5, 5.41) is 9.40. The van der Waals surface area contributed by atoms with Crippen LogP contribution in [0.2, 0.25) is 5.02 Å². The van der Waals surface area contributed by atoms with E-state index < -0.39 is 12.1 Å². The van der Waals surface area contributed by atoms with Crippen LogP contribution in [-0.2, 0) is 9.53 Å². The summed E-state index contributed by atoms with van der Waals surface area (Å²) in [5.74, 6) is -1.28. The molecule has 6 heteroatoms. The van der Waals surface area contributed by atoms with Crippen molar-refractivity contribution in [3.63, 3.8) is 0 Å². The Morgan fingerprint density at radius 3 is 2.79 bits per heavy atom. The van der Waals surface area contributed by atoms with E-state index in [1.54, 1.807) is 18.2 Å². The normalized spacial score (nSPS) is 19.3. The number of carboxylic acid groups (broad SMARTS) is 1. The van der Waals surface area contributed by atoms with Crippen LogP contribution < -0.4 is 0 Å². The summed E-state index contributed by atoms with van der Waals surface area (Å²) in [6.07, 6.45) is -0.960. The largest absolute Gasteiger partial charge is 0.479 e. The van der Waals surface area contributed by atoms with E-state index in [4.69, 9.17) is 21.4 Å². The monoisotopic (exact) mass is 283 g/mol. The van der Waals surface area contributed by atoms with Crippen LogP contribution in [0.15, 0.2) is 18.2 Å². The van der Waals surface area contributed by atoms with Gasteiger partial charge in [-0.3, -0.25) is 4.79 Å². The molecule has 1 heterocycles. The highest BCUT2D eigenvalue weighted by atomic mass is 35.5. The SMILES string of the molecule is Cc1cc(Cl)cc(C(=O)N2CCO[C@H](C(=O)O)C2)c1. The average molecular weight is 284 g/mol. The van der Waals surface area contributed by atoms with Gasteiger partial charge >= 0.3 is 5.97 Å². The molecule has 1 aromatic carbocycles. The van der Waals surface area contributed by atoms with Gasteiger partial charge in [-0.2, -0.15) is 0 Å². The Hall–Kier alpha value is -1.59. The fourth-order valence-corrected chi connectivity index (χ4v) is 2.32. The molecule has 1 N–H and O–H groups in total. The molecule has 1 fully saturated rings. The number of ether oxygens (including phenoxy) is 1. The van der Waals surface area contributed by atoms with Gasteiger partial charge in [-0.05, 0) is 30.7 Å². The van der Waals surface area contributed by atoms with E-state index in [0.717, 1.165) is 5.56 Å². The Kier molecular flexibility index (Phi) is 4.07. The first-order chi connectivity index (χ1) is 8.97. The standard InChI is InChI=1S/C13H14ClNO4/c1-8-4-9(6-10(14)5-8)12(16)15-2-3-19-11(7-15)13(17)18/h4-6,11H,2-3,7H2,1H3,(H,17,18)/t11-/m0/s1. The van der Waals surface area contributed by atoms with E-state index in [9.17, 15) is 9.59 Å². The van der Waals surface area contributed by atoms with Gasteiger partial charge in [-0.25, -0.2) is 4.79 Å². The summed E-state index contributed by atoms with van der Waals surface area (Å²) in [7, 11) is 0. The molecule has 1 amide bonds. The van der Waals surface area contributed by atoms with Gasteiger partial charge in [0.1, 0.15) is 0 Å². The number of benzene rings is 1. The average Bonchev–Trinajstić information content (AvgIpc) is 2.37. The first-order valence-corrected chi connectivity index (χ1v) is 6.26. The summed E-state index contributed by atoms with van der Waals surface area (Å²) < 4.78 is 5.08. The lowest BCUT2D eigenvalue weighted by Crippen LogP contribution is -2.48. The quantitative estimate of drug-likeness (QED) is 0.895. The Bertz CT molecular complexity index is 497. The summed E-state index contributed by atoms with van der Waals surface area (Å²) >= 11 is 5.92. The number of morpholine rings is 1. The Labute approximate surface area is 115 Å². The number of carboxylic acids is 1. The molecule has 0 radical (unpaired) electrons. The van der Waals surface area contributed by atoms with Crippen LogP contribution in [0, 0.1) is 6.92 Å². The topological polar surface area (TPSA) is 66.8 Å². The van der Waals surface area contributed by atoms with Gasteiger partial charge in [0.25, 0.3) is 5.91 Å². The molecule has 1 aliphatic rings. The Balaban J connectivity index is 2.16. The maximum absolute atomic E-state index is 12.3. The number of hydrogen-bond donors (Lipinski definition) is 1. The van der Waals surface area contributed by atoms with Crippen molar-refractivity contribution in [3.8, 4) is 0 Å². The second kappa shape index (κ2) is 5.59. The fourth-order valence-electron chi connectivity index (χ4n) is 2.03. The zero-order chi connectivity index (χ0) is 14.0. The number of halogens is 1. The number of aryl methyl sites for hydroxylation is 1. The van der Waals surface area contributed by atoms with Crippen molar-refractivity contribution in [2.75, 3.05) is 19.7 Å². The number of hydrogen-bond acceptors (Lipinski definition) is 3. The van der Waals surface area contributed by atoms with Crippen LogP contribution in [0.25, 0.3) is 0 Å². The van der Waals surface area contributed by atoms with Crippen LogP contribution >= 0.6 is 11.6 Å². The number of amides is 1. The van der Waals surface area contributed by atoms with Crippen molar-refractivity contribution in [2.24, 2.45) is 0 Å². The van der Waals surface area contributed by atoms with Crippen LogP contribution in [0.1, 0.15) is 15.9 Å². The summed E-state index contributed by atoms with van der Waals surface area (Å²) in [6.45, 7) is 2.51. The summed E-state index contributed by atoms with van der Waals surface area (Å²) in [4.78, 5) is 24.7. The van der Waals surface area contributed by atoms with E-state index in [1.165, 1.54) is 4.90 Å². The minimum atomic E-state index is -1.06. The second-order valence-corrected chi connectivity index (χ2v) is 4.90. The lowest BCUT2D eigenvalue weighted by atomic mass is 10.1. The fraction of sp³-hybridized carbons (Fsp3) is 0.385. The van der Waals surface area contributed by atoms with Crippen molar-refractivity contribution < 1.29 is 19.4 Å². The van der Waals surface area contributed by atoms with Crippen LogP contribution in [0.3, 0.4) is 0 Å². The van der Waals surface area contributed by atoms with E-state index in [0.29, 0.717) is 17.1 Å². The number of aliphatic carboxylic acids is 1. The van der Waals surface area contributed by atoms with E-state index in [-0.39, 0.29) is 19.1 Å². The van der Waals surface area contributed by atoms with Crippen LogP contribution in [0.5, 0.6) is 0 Å². The predicted octanol–water partition coefficient (Wildman–Crippen LogP) is 1.57. The second-order valence-electron chi connectivity index (χ2n) is 4.47. The first-order valence-electron chi connectivity index (χ1n) is 5.88. The third-order valence-electron chi connectivity index (χ3n) is 2.92. The van der Waals surface area contributed by atoms with E-state index >= 15 is 0 Å². The molecule has 0 aliphatic carbocycles. The van der Waals surface area contributed by atoms with E-state index in [1.807, 2.05) is 6.92 Å². The third kappa shape index (κ3) is 3.24. The molecule has 0 saturated carbocycles. The number of carbonyl (C=O) groups excluding carboxylic acids is 1.